The number of nitrogens with two attached hydrogens (primary N) is 1. The molecule has 0 aromatic carbocycles. The second kappa shape index (κ2) is 13.4. The predicted octanol–water partition coefficient (Wildman–Crippen LogP) is -0.467. The van der Waals surface area contributed by atoms with Gasteiger partial charge in [0.2, 0.25) is 5.91 Å². The fourth-order valence-corrected chi connectivity index (χ4v) is 2.95. The van der Waals surface area contributed by atoms with Gasteiger partial charge in [-0.2, -0.15) is 0 Å². The number of nitrogens with zero attached hydrogens (tertiary/aromatic N) is 1. The van der Waals surface area contributed by atoms with Crippen molar-refractivity contribution in [2.24, 2.45) is 5.73 Å². The van der Waals surface area contributed by atoms with Crippen molar-refractivity contribution < 1.29 is 29.4 Å². The van der Waals surface area contributed by atoms with Crippen LogP contribution in [0.3, 0.4) is 0 Å². The van der Waals surface area contributed by atoms with Gasteiger partial charge in [0.25, 0.3) is 5.24 Å². The van der Waals surface area contributed by atoms with Gasteiger partial charge in [-0.3, -0.25) is 19.2 Å². The van der Waals surface area contributed by atoms with E-state index in [4.69, 9.17) is 15.9 Å². The van der Waals surface area contributed by atoms with E-state index in [1.165, 1.54) is 0 Å². The summed E-state index contributed by atoms with van der Waals surface area (Å²) in [5.41, 5.74) is 5.36. The zero-order chi connectivity index (χ0) is 20.1. The van der Waals surface area contributed by atoms with Crippen LogP contribution < -0.4 is 16.4 Å². The maximum Gasteiger partial charge on any atom is 0.320 e. The number of rotatable bonds is 13. The molecule has 0 saturated carbocycles. The summed E-state index contributed by atoms with van der Waals surface area (Å²) in [6.07, 6.45) is -0.0838. The largest absolute Gasteiger partial charge is 0.480 e. The van der Waals surface area contributed by atoms with Crippen LogP contribution >= 0.6 is 11.8 Å². The van der Waals surface area contributed by atoms with Crippen molar-refractivity contribution >= 4 is 34.8 Å². The Kier molecular flexibility index (Phi) is 12.4. The highest BCUT2D eigenvalue weighted by molar-refractivity contribution is 8.13. The summed E-state index contributed by atoms with van der Waals surface area (Å²) in [5, 5.41) is 22.6. The Bertz CT molecular complexity index is 487. The molecule has 0 fully saturated rings. The lowest BCUT2D eigenvalue weighted by molar-refractivity contribution is -0.139. The van der Waals surface area contributed by atoms with Gasteiger partial charge >= 0.3 is 11.9 Å². The normalized spacial score (nSPS) is 12.9. The molecular formula is C15H28N4O6S. The number of carboxylic acids is 2. The molecule has 0 aromatic heterocycles. The molecule has 0 aliphatic carbocycles. The SMILES string of the molecule is CCN(CC)C(=O)SCC(CNCC(=O)O)NC(=O)CCC(N)C(=O)O. The molecule has 150 valence electrons. The van der Waals surface area contributed by atoms with Gasteiger partial charge in [-0.1, -0.05) is 11.8 Å². The predicted molar refractivity (Wildman–Crippen MR) is 98.1 cm³/mol. The number of hydrogen-bond acceptors (Lipinski definition) is 7. The Hall–Kier alpha value is -1.85. The monoisotopic (exact) mass is 392 g/mol. The first kappa shape index (κ1) is 24.1. The molecule has 0 aliphatic rings. The van der Waals surface area contributed by atoms with Gasteiger partial charge in [-0.25, -0.2) is 0 Å². The van der Waals surface area contributed by atoms with Crippen molar-refractivity contribution in [3.63, 3.8) is 0 Å². The van der Waals surface area contributed by atoms with Gasteiger partial charge in [0.15, 0.2) is 0 Å². The number of aliphatic carboxylic acids is 2. The van der Waals surface area contributed by atoms with Gasteiger partial charge in [0.1, 0.15) is 6.04 Å². The van der Waals surface area contributed by atoms with Crippen molar-refractivity contribution in [2.75, 3.05) is 31.9 Å². The summed E-state index contributed by atoms with van der Waals surface area (Å²) in [7, 11) is 0. The summed E-state index contributed by atoms with van der Waals surface area (Å²) in [4.78, 5) is 46.9. The molecule has 0 saturated heterocycles. The molecule has 0 bridgehead atoms. The Balaban J connectivity index is 4.57. The van der Waals surface area contributed by atoms with Crippen LogP contribution in [0.25, 0.3) is 0 Å². The minimum atomic E-state index is -1.18. The molecule has 0 aliphatic heterocycles. The molecule has 26 heavy (non-hydrogen) atoms. The Morgan fingerprint density at radius 3 is 2.27 bits per heavy atom. The van der Waals surface area contributed by atoms with E-state index in [1.54, 1.807) is 4.90 Å². The standard InChI is InChI=1S/C15H28N4O6S/c1-3-19(4-2)15(25)26-9-10(7-17-8-13(21)22)18-12(20)6-5-11(16)14(23)24/h10-11,17H,3-9,16H2,1-2H3,(H,18,20)(H,21,22)(H,23,24). The highest BCUT2D eigenvalue weighted by Crippen LogP contribution is 2.10. The van der Waals surface area contributed by atoms with E-state index in [2.05, 4.69) is 10.6 Å². The highest BCUT2D eigenvalue weighted by atomic mass is 32.2. The van der Waals surface area contributed by atoms with Gasteiger partial charge < -0.3 is 31.5 Å². The Morgan fingerprint density at radius 1 is 1.15 bits per heavy atom. The van der Waals surface area contributed by atoms with Gasteiger partial charge in [0.05, 0.1) is 12.6 Å². The number of nitrogens with one attached hydrogen (secondary N) is 2. The van der Waals surface area contributed by atoms with E-state index in [1.807, 2.05) is 13.8 Å². The van der Waals surface area contributed by atoms with E-state index in [0.29, 0.717) is 13.1 Å². The molecule has 0 aromatic rings. The van der Waals surface area contributed by atoms with Crippen LogP contribution in [0, 0.1) is 0 Å². The average molecular weight is 392 g/mol. The van der Waals surface area contributed by atoms with E-state index in [0.717, 1.165) is 11.8 Å². The first-order valence-electron chi connectivity index (χ1n) is 8.33. The molecule has 0 rings (SSSR count). The van der Waals surface area contributed by atoms with E-state index in [9.17, 15) is 19.2 Å². The van der Waals surface area contributed by atoms with E-state index < -0.39 is 29.9 Å². The minimum absolute atomic E-state index is 0.0119. The van der Waals surface area contributed by atoms with Crippen LogP contribution in [-0.4, -0.2) is 82.2 Å². The number of hydrogen-bond donors (Lipinski definition) is 5. The Morgan fingerprint density at radius 2 is 1.77 bits per heavy atom. The van der Waals surface area contributed by atoms with Crippen molar-refractivity contribution in [1.82, 2.24) is 15.5 Å². The lowest BCUT2D eigenvalue weighted by Gasteiger charge is -2.22. The summed E-state index contributed by atoms with van der Waals surface area (Å²) in [6, 6.07) is -1.60. The minimum Gasteiger partial charge on any atom is -0.480 e. The molecule has 2 amide bonds. The van der Waals surface area contributed by atoms with Gasteiger partial charge in [-0.05, 0) is 20.3 Å². The van der Waals surface area contributed by atoms with Crippen molar-refractivity contribution in [1.29, 1.82) is 0 Å². The number of carbonyl (C=O) groups excluding carboxylic acids is 2. The number of carboxylic acid groups (broad SMARTS) is 2. The molecular weight excluding hydrogens is 364 g/mol. The zero-order valence-electron chi connectivity index (χ0n) is 15.1. The second-order valence-corrected chi connectivity index (χ2v) is 6.49. The highest BCUT2D eigenvalue weighted by Gasteiger charge is 2.19. The smallest absolute Gasteiger partial charge is 0.320 e. The molecule has 2 unspecified atom stereocenters. The number of thioether (sulfide) groups is 1. The number of carbonyl (C=O) groups is 4. The molecule has 11 heteroatoms. The third kappa shape index (κ3) is 10.9. The average Bonchev–Trinajstić information content (AvgIpc) is 2.57. The van der Waals surface area contributed by atoms with Crippen LogP contribution in [-0.2, 0) is 14.4 Å². The van der Waals surface area contributed by atoms with Crippen LogP contribution in [0.1, 0.15) is 26.7 Å². The maximum atomic E-state index is 12.0. The maximum absolute atomic E-state index is 12.0. The van der Waals surface area contributed by atoms with Crippen molar-refractivity contribution in [2.45, 2.75) is 38.8 Å². The van der Waals surface area contributed by atoms with Crippen LogP contribution in [0.15, 0.2) is 0 Å². The summed E-state index contributed by atoms with van der Waals surface area (Å²) in [6.45, 7) is 4.77. The summed E-state index contributed by atoms with van der Waals surface area (Å²) < 4.78 is 0. The zero-order valence-corrected chi connectivity index (χ0v) is 15.9. The van der Waals surface area contributed by atoms with Crippen LogP contribution in [0.2, 0.25) is 0 Å². The van der Waals surface area contributed by atoms with Crippen molar-refractivity contribution in [3.8, 4) is 0 Å². The van der Waals surface area contributed by atoms with Crippen LogP contribution in [0.5, 0.6) is 0 Å². The molecule has 0 radical (unpaired) electrons. The van der Waals surface area contributed by atoms with E-state index >= 15 is 0 Å². The second-order valence-electron chi connectivity index (χ2n) is 5.52. The van der Waals surface area contributed by atoms with Crippen LogP contribution in [0.4, 0.5) is 4.79 Å². The summed E-state index contributed by atoms with van der Waals surface area (Å²) >= 11 is 1.04. The van der Waals surface area contributed by atoms with E-state index in [-0.39, 0.29) is 36.9 Å². The third-order valence-corrected chi connectivity index (χ3v) is 4.54. The lowest BCUT2D eigenvalue weighted by atomic mass is 10.1. The van der Waals surface area contributed by atoms with Crippen molar-refractivity contribution in [3.05, 3.63) is 0 Å². The summed E-state index contributed by atoms with van der Waals surface area (Å²) in [5.74, 6) is -2.36. The molecule has 6 N–H and O–H groups in total. The lowest BCUT2D eigenvalue weighted by Crippen LogP contribution is -2.45. The van der Waals surface area contributed by atoms with Gasteiger partial charge in [-0.15, -0.1) is 0 Å². The molecule has 0 heterocycles. The third-order valence-electron chi connectivity index (χ3n) is 3.46. The Labute approximate surface area is 156 Å². The first-order chi connectivity index (χ1) is 12.2. The fraction of sp³-hybridized carbons (Fsp3) is 0.733. The number of amides is 2. The fourth-order valence-electron chi connectivity index (χ4n) is 1.96. The first-order valence-corrected chi connectivity index (χ1v) is 9.31. The molecule has 2 atom stereocenters. The molecule has 0 spiro atoms. The topological polar surface area (TPSA) is 162 Å². The molecule has 10 nitrogen and oxygen atoms in total. The van der Waals surface area contributed by atoms with Gasteiger partial charge in [0, 0.05) is 31.8 Å². The quantitative estimate of drug-likeness (QED) is 0.279.